The number of fused-ring (bicyclic) bond motifs is 1. The fraction of sp³-hybridized carbons (Fsp3) is 0.278. The third-order valence-electron chi connectivity index (χ3n) is 4.01. The minimum atomic E-state index is 0.225. The van der Waals surface area contributed by atoms with Crippen LogP contribution < -0.4 is 9.64 Å². The average molecular weight is 375 g/mol. The zero-order chi connectivity index (χ0) is 16.4. The van der Waals surface area contributed by atoms with Gasteiger partial charge in [0.2, 0.25) is 0 Å². The molecule has 0 aliphatic heterocycles. The Kier molecular flexibility index (Phi) is 4.57. The zero-order valence-corrected chi connectivity index (χ0v) is 15.0. The lowest BCUT2D eigenvalue weighted by atomic mass is 10.1. The SMILES string of the molecule is COc1ccccc1CC(C)N(C)c1nc2ccc(Br)cc2o1. The summed E-state index contributed by atoms with van der Waals surface area (Å²) in [4.78, 5) is 6.62. The van der Waals surface area contributed by atoms with Gasteiger partial charge in [0, 0.05) is 17.6 Å². The van der Waals surface area contributed by atoms with Gasteiger partial charge >= 0.3 is 0 Å². The summed E-state index contributed by atoms with van der Waals surface area (Å²) in [5.41, 5.74) is 2.82. The Bertz CT molecular complexity index is 816. The van der Waals surface area contributed by atoms with Crippen LogP contribution in [0.15, 0.2) is 51.4 Å². The number of hydrogen-bond acceptors (Lipinski definition) is 4. The maximum absolute atomic E-state index is 5.88. The molecular formula is C18H19BrN2O2. The number of oxazole rings is 1. The first-order valence-electron chi connectivity index (χ1n) is 7.49. The predicted molar refractivity (Wildman–Crippen MR) is 96.3 cm³/mol. The van der Waals surface area contributed by atoms with E-state index in [-0.39, 0.29) is 6.04 Å². The summed E-state index contributed by atoms with van der Waals surface area (Å²) in [7, 11) is 3.70. The maximum atomic E-state index is 5.88. The van der Waals surface area contributed by atoms with E-state index in [9.17, 15) is 0 Å². The van der Waals surface area contributed by atoms with E-state index in [2.05, 4.69) is 38.8 Å². The summed E-state index contributed by atoms with van der Waals surface area (Å²) in [5, 5.41) is 0. The van der Waals surface area contributed by atoms with Gasteiger partial charge in [-0.25, -0.2) is 0 Å². The molecule has 1 atom stereocenters. The third-order valence-corrected chi connectivity index (χ3v) is 4.50. The number of halogens is 1. The topological polar surface area (TPSA) is 38.5 Å². The number of anilines is 1. The Morgan fingerprint density at radius 2 is 2.04 bits per heavy atom. The Morgan fingerprint density at radius 1 is 1.26 bits per heavy atom. The van der Waals surface area contributed by atoms with Gasteiger partial charge in [-0.3, -0.25) is 0 Å². The highest BCUT2D eigenvalue weighted by Gasteiger charge is 2.18. The van der Waals surface area contributed by atoms with E-state index < -0.39 is 0 Å². The summed E-state index contributed by atoms with van der Waals surface area (Å²) in [6.45, 7) is 2.15. The van der Waals surface area contributed by atoms with Crippen LogP contribution in [0.5, 0.6) is 5.75 Å². The summed E-state index contributed by atoms with van der Waals surface area (Å²) in [5.74, 6) is 0.911. The van der Waals surface area contributed by atoms with Crippen LogP contribution in [-0.2, 0) is 6.42 Å². The number of ether oxygens (including phenoxy) is 1. The second-order valence-corrected chi connectivity index (χ2v) is 6.50. The van der Waals surface area contributed by atoms with Crippen LogP contribution in [0.25, 0.3) is 11.1 Å². The molecule has 0 bridgehead atoms. The third kappa shape index (κ3) is 3.34. The van der Waals surface area contributed by atoms with Gasteiger partial charge in [0.15, 0.2) is 5.58 Å². The summed E-state index contributed by atoms with van der Waals surface area (Å²) in [6.07, 6.45) is 0.850. The van der Waals surface area contributed by atoms with Crippen molar-refractivity contribution in [2.24, 2.45) is 0 Å². The quantitative estimate of drug-likeness (QED) is 0.650. The first kappa shape index (κ1) is 15.9. The average Bonchev–Trinajstić information content (AvgIpc) is 2.97. The van der Waals surface area contributed by atoms with Crippen molar-refractivity contribution in [2.75, 3.05) is 19.1 Å². The lowest BCUT2D eigenvalue weighted by molar-refractivity contribution is 0.407. The first-order valence-corrected chi connectivity index (χ1v) is 8.28. The molecule has 2 aromatic carbocycles. The van der Waals surface area contributed by atoms with E-state index in [0.29, 0.717) is 6.01 Å². The van der Waals surface area contributed by atoms with E-state index in [4.69, 9.17) is 9.15 Å². The second kappa shape index (κ2) is 6.62. The predicted octanol–water partition coefficient (Wildman–Crippen LogP) is 4.67. The van der Waals surface area contributed by atoms with Gasteiger partial charge < -0.3 is 14.1 Å². The fourth-order valence-corrected chi connectivity index (χ4v) is 2.89. The van der Waals surface area contributed by atoms with Crippen molar-refractivity contribution in [2.45, 2.75) is 19.4 Å². The second-order valence-electron chi connectivity index (χ2n) is 5.58. The van der Waals surface area contributed by atoms with Gasteiger partial charge in [-0.2, -0.15) is 4.98 Å². The van der Waals surface area contributed by atoms with E-state index in [1.54, 1.807) is 7.11 Å². The number of likely N-dealkylation sites (N-methyl/N-ethyl adjacent to an activating group) is 1. The Morgan fingerprint density at radius 3 is 2.83 bits per heavy atom. The molecule has 4 nitrogen and oxygen atoms in total. The highest BCUT2D eigenvalue weighted by Crippen LogP contribution is 2.27. The molecule has 1 heterocycles. The molecule has 1 unspecified atom stereocenters. The summed E-state index contributed by atoms with van der Waals surface area (Å²) >= 11 is 3.45. The molecule has 0 N–H and O–H groups in total. The highest BCUT2D eigenvalue weighted by molar-refractivity contribution is 9.10. The number of nitrogens with zero attached hydrogens (tertiary/aromatic N) is 2. The van der Waals surface area contributed by atoms with Crippen LogP contribution in [-0.4, -0.2) is 25.2 Å². The molecule has 0 saturated heterocycles. The number of benzene rings is 2. The molecule has 3 aromatic rings. The van der Waals surface area contributed by atoms with Crippen LogP contribution in [0.3, 0.4) is 0 Å². The molecule has 0 aliphatic carbocycles. The number of methoxy groups -OCH3 is 1. The molecule has 0 saturated carbocycles. The highest BCUT2D eigenvalue weighted by atomic mass is 79.9. The Balaban J connectivity index is 1.81. The molecule has 120 valence electrons. The first-order chi connectivity index (χ1) is 11.1. The molecular weight excluding hydrogens is 356 g/mol. The lowest BCUT2D eigenvalue weighted by Gasteiger charge is -2.23. The van der Waals surface area contributed by atoms with Gasteiger partial charge in [-0.1, -0.05) is 34.1 Å². The van der Waals surface area contributed by atoms with Crippen molar-refractivity contribution in [1.29, 1.82) is 0 Å². The summed E-state index contributed by atoms with van der Waals surface area (Å²) in [6, 6.07) is 14.8. The minimum Gasteiger partial charge on any atom is -0.496 e. The maximum Gasteiger partial charge on any atom is 0.298 e. The van der Waals surface area contributed by atoms with Crippen LogP contribution >= 0.6 is 15.9 Å². The molecule has 0 spiro atoms. The van der Waals surface area contributed by atoms with E-state index in [1.807, 2.05) is 43.4 Å². The van der Waals surface area contributed by atoms with Gasteiger partial charge in [0.05, 0.1) is 7.11 Å². The zero-order valence-electron chi connectivity index (χ0n) is 13.4. The van der Waals surface area contributed by atoms with E-state index in [1.165, 1.54) is 5.56 Å². The van der Waals surface area contributed by atoms with Gasteiger partial charge in [0.1, 0.15) is 11.3 Å². The normalized spacial score (nSPS) is 12.3. The molecule has 3 rings (SSSR count). The van der Waals surface area contributed by atoms with Crippen molar-refractivity contribution in [3.8, 4) is 5.75 Å². The number of para-hydroxylation sites is 1. The van der Waals surface area contributed by atoms with Gasteiger partial charge in [-0.15, -0.1) is 0 Å². The molecule has 0 amide bonds. The van der Waals surface area contributed by atoms with Crippen molar-refractivity contribution in [3.63, 3.8) is 0 Å². The van der Waals surface area contributed by atoms with Crippen molar-refractivity contribution in [3.05, 3.63) is 52.5 Å². The Labute approximate surface area is 144 Å². The van der Waals surface area contributed by atoms with Crippen molar-refractivity contribution in [1.82, 2.24) is 4.98 Å². The molecule has 5 heteroatoms. The molecule has 0 aliphatic rings. The number of hydrogen-bond donors (Lipinski definition) is 0. The fourth-order valence-electron chi connectivity index (χ4n) is 2.55. The smallest absolute Gasteiger partial charge is 0.298 e. The molecule has 0 fully saturated rings. The monoisotopic (exact) mass is 374 g/mol. The van der Waals surface area contributed by atoms with Gasteiger partial charge in [0.25, 0.3) is 6.01 Å². The van der Waals surface area contributed by atoms with E-state index >= 15 is 0 Å². The largest absolute Gasteiger partial charge is 0.496 e. The molecule has 23 heavy (non-hydrogen) atoms. The molecule has 0 radical (unpaired) electrons. The van der Waals surface area contributed by atoms with E-state index in [0.717, 1.165) is 27.7 Å². The number of aromatic nitrogens is 1. The van der Waals surface area contributed by atoms with Gasteiger partial charge in [-0.05, 0) is 43.2 Å². The minimum absolute atomic E-state index is 0.225. The standard InChI is InChI=1S/C18H19BrN2O2/c1-12(10-13-6-4-5-7-16(13)22-3)21(2)18-20-15-9-8-14(19)11-17(15)23-18/h4-9,11-12H,10H2,1-3H3. The van der Waals surface area contributed by atoms with Crippen LogP contribution in [0.1, 0.15) is 12.5 Å². The number of rotatable bonds is 5. The van der Waals surface area contributed by atoms with Crippen LogP contribution in [0, 0.1) is 0 Å². The van der Waals surface area contributed by atoms with Crippen LogP contribution in [0.2, 0.25) is 0 Å². The Hall–Kier alpha value is -2.01. The summed E-state index contributed by atoms with van der Waals surface area (Å²) < 4.78 is 12.3. The van der Waals surface area contributed by atoms with Crippen molar-refractivity contribution >= 4 is 33.0 Å². The molecule has 1 aromatic heterocycles. The van der Waals surface area contributed by atoms with Crippen LogP contribution in [0.4, 0.5) is 6.01 Å². The lowest BCUT2D eigenvalue weighted by Crippen LogP contribution is -2.31. The van der Waals surface area contributed by atoms with Crippen molar-refractivity contribution < 1.29 is 9.15 Å².